The van der Waals surface area contributed by atoms with Crippen LogP contribution in [0.2, 0.25) is 0 Å². The quantitative estimate of drug-likeness (QED) is 0.843. The molecule has 0 fully saturated rings. The first-order chi connectivity index (χ1) is 10.0. The summed E-state index contributed by atoms with van der Waals surface area (Å²) in [7, 11) is 0. The number of fused-ring (bicyclic) bond motifs is 1. The molecule has 0 saturated heterocycles. The van der Waals surface area contributed by atoms with E-state index in [1.807, 2.05) is 11.6 Å². The second kappa shape index (κ2) is 7.31. The van der Waals surface area contributed by atoms with Gasteiger partial charge in [-0.3, -0.25) is 4.79 Å². The summed E-state index contributed by atoms with van der Waals surface area (Å²) >= 11 is 3.21. The molecule has 0 spiro atoms. The van der Waals surface area contributed by atoms with Crippen molar-refractivity contribution in [3.8, 4) is 0 Å². The molecule has 0 bridgehead atoms. The largest absolute Gasteiger partial charge is 0.480 e. The van der Waals surface area contributed by atoms with Crippen LogP contribution in [-0.2, 0) is 17.6 Å². The maximum Gasteiger partial charge on any atom is 0.326 e. The number of carbonyl (C=O) groups excluding carboxylic acids is 1. The fourth-order valence-corrected chi connectivity index (χ4v) is 4.31. The lowest BCUT2D eigenvalue weighted by atomic mass is 9.88. The third kappa shape index (κ3) is 4.01. The second-order valence-electron chi connectivity index (χ2n) is 5.54. The van der Waals surface area contributed by atoms with Crippen LogP contribution in [-0.4, -0.2) is 35.0 Å². The van der Waals surface area contributed by atoms with Crippen LogP contribution in [0, 0.1) is 5.92 Å². The Balaban J connectivity index is 2.08. The van der Waals surface area contributed by atoms with Gasteiger partial charge in [0.2, 0.25) is 0 Å². The van der Waals surface area contributed by atoms with Crippen molar-refractivity contribution < 1.29 is 14.7 Å². The molecule has 0 saturated carbocycles. The smallest absolute Gasteiger partial charge is 0.326 e. The number of rotatable bonds is 6. The number of hydrogen-bond acceptors (Lipinski definition) is 4. The van der Waals surface area contributed by atoms with Crippen molar-refractivity contribution in [1.82, 2.24) is 5.32 Å². The number of carbonyl (C=O) groups is 2. The Kier molecular flexibility index (Phi) is 5.70. The van der Waals surface area contributed by atoms with Crippen LogP contribution in [0.15, 0.2) is 5.38 Å². The van der Waals surface area contributed by atoms with Crippen molar-refractivity contribution in [2.45, 2.75) is 38.6 Å². The molecule has 1 unspecified atom stereocenters. The minimum absolute atomic E-state index is 0.240. The summed E-state index contributed by atoms with van der Waals surface area (Å²) in [6, 6.07) is -0.803. The Bertz CT molecular complexity index is 527. The van der Waals surface area contributed by atoms with Gasteiger partial charge in [-0.25, -0.2) is 4.79 Å². The van der Waals surface area contributed by atoms with Gasteiger partial charge in [-0.2, -0.15) is 11.8 Å². The third-order valence-corrected chi connectivity index (χ3v) is 5.56. The standard InChI is InChI=1S/C15H21NO3S2/c1-9-3-4-10-11(8-21-13(10)7-9)14(17)16-12(15(18)19)5-6-20-2/h8-9,12H,3-7H2,1-2H3,(H,16,17)(H,18,19)/t9?,12-/m1/s1. The van der Waals surface area contributed by atoms with Gasteiger partial charge in [-0.1, -0.05) is 6.92 Å². The number of carboxylic acids is 1. The average Bonchev–Trinajstić information content (AvgIpc) is 2.85. The van der Waals surface area contributed by atoms with Crippen molar-refractivity contribution in [3.63, 3.8) is 0 Å². The molecule has 6 heteroatoms. The van der Waals surface area contributed by atoms with Crippen LogP contribution >= 0.6 is 23.1 Å². The number of amides is 1. The van der Waals surface area contributed by atoms with E-state index >= 15 is 0 Å². The Labute approximate surface area is 133 Å². The zero-order valence-electron chi connectivity index (χ0n) is 12.3. The van der Waals surface area contributed by atoms with Gasteiger partial charge >= 0.3 is 5.97 Å². The first kappa shape index (κ1) is 16.4. The molecule has 0 aliphatic heterocycles. The summed E-state index contributed by atoms with van der Waals surface area (Å²) in [5.41, 5.74) is 1.81. The molecule has 4 nitrogen and oxygen atoms in total. The predicted molar refractivity (Wildman–Crippen MR) is 87.4 cm³/mol. The molecule has 2 rings (SSSR count). The Morgan fingerprint density at radius 3 is 3.00 bits per heavy atom. The highest BCUT2D eigenvalue weighted by atomic mass is 32.2. The summed E-state index contributed by atoms with van der Waals surface area (Å²) in [6.45, 7) is 2.23. The molecule has 1 aliphatic carbocycles. The normalized spacial score (nSPS) is 18.9. The highest BCUT2D eigenvalue weighted by molar-refractivity contribution is 7.98. The molecule has 0 radical (unpaired) electrons. The third-order valence-electron chi connectivity index (χ3n) is 3.86. The Morgan fingerprint density at radius 1 is 1.57 bits per heavy atom. The average molecular weight is 327 g/mol. The molecule has 1 aromatic heterocycles. The lowest BCUT2D eigenvalue weighted by Gasteiger charge is -2.19. The molecule has 2 N–H and O–H groups in total. The summed E-state index contributed by atoms with van der Waals surface area (Å²) in [5.74, 6) is 0.183. The Morgan fingerprint density at radius 2 is 2.33 bits per heavy atom. The molecule has 1 heterocycles. The first-order valence-corrected chi connectivity index (χ1v) is 9.42. The summed E-state index contributed by atoms with van der Waals surface area (Å²) in [6.07, 6.45) is 5.43. The van der Waals surface area contributed by atoms with E-state index in [4.69, 9.17) is 0 Å². The monoisotopic (exact) mass is 327 g/mol. The molecule has 1 aromatic rings. The van der Waals surface area contributed by atoms with Gasteiger partial charge in [0.05, 0.1) is 5.56 Å². The van der Waals surface area contributed by atoms with Crippen LogP contribution in [0.5, 0.6) is 0 Å². The van der Waals surface area contributed by atoms with Crippen molar-refractivity contribution in [2.24, 2.45) is 5.92 Å². The van der Waals surface area contributed by atoms with Crippen LogP contribution in [0.25, 0.3) is 0 Å². The second-order valence-corrected chi connectivity index (χ2v) is 7.49. The highest BCUT2D eigenvalue weighted by Gasteiger charge is 2.26. The van der Waals surface area contributed by atoms with E-state index in [1.54, 1.807) is 23.1 Å². The fourth-order valence-electron chi connectivity index (χ4n) is 2.60. The molecule has 1 amide bonds. The molecule has 21 heavy (non-hydrogen) atoms. The molecule has 1 aliphatic rings. The van der Waals surface area contributed by atoms with Gasteiger partial charge < -0.3 is 10.4 Å². The zero-order valence-corrected chi connectivity index (χ0v) is 14.0. The van der Waals surface area contributed by atoms with Crippen molar-refractivity contribution >= 4 is 35.0 Å². The topological polar surface area (TPSA) is 66.4 Å². The number of thiophene rings is 1. The van der Waals surface area contributed by atoms with Crippen LogP contribution in [0.3, 0.4) is 0 Å². The molecular weight excluding hydrogens is 306 g/mol. The van der Waals surface area contributed by atoms with Gasteiger partial charge in [0.15, 0.2) is 0 Å². The lowest BCUT2D eigenvalue weighted by molar-refractivity contribution is -0.139. The van der Waals surface area contributed by atoms with E-state index in [0.717, 1.165) is 30.6 Å². The van der Waals surface area contributed by atoms with E-state index in [1.165, 1.54) is 4.88 Å². The minimum atomic E-state index is -0.963. The number of nitrogens with one attached hydrogen (secondary N) is 1. The van der Waals surface area contributed by atoms with E-state index in [9.17, 15) is 14.7 Å². The van der Waals surface area contributed by atoms with Crippen LogP contribution < -0.4 is 5.32 Å². The number of thioether (sulfide) groups is 1. The van der Waals surface area contributed by atoms with Crippen molar-refractivity contribution in [1.29, 1.82) is 0 Å². The number of aliphatic carboxylic acids is 1. The number of carboxylic acid groups (broad SMARTS) is 1. The summed E-state index contributed by atoms with van der Waals surface area (Å²) in [4.78, 5) is 24.9. The highest BCUT2D eigenvalue weighted by Crippen LogP contribution is 2.32. The minimum Gasteiger partial charge on any atom is -0.480 e. The lowest BCUT2D eigenvalue weighted by Crippen LogP contribution is -2.41. The van der Waals surface area contributed by atoms with Gasteiger partial charge in [0, 0.05) is 10.3 Å². The van der Waals surface area contributed by atoms with Crippen LogP contribution in [0.4, 0.5) is 0 Å². The maximum absolute atomic E-state index is 12.4. The maximum atomic E-state index is 12.4. The molecule has 116 valence electrons. The predicted octanol–water partition coefficient (Wildman–Crippen LogP) is 2.81. The number of hydrogen-bond donors (Lipinski definition) is 2. The van der Waals surface area contributed by atoms with Crippen molar-refractivity contribution in [2.75, 3.05) is 12.0 Å². The SMILES string of the molecule is CSCC[C@@H](NC(=O)c1csc2c1CCC(C)C2)C(=O)O. The van der Waals surface area contributed by atoms with E-state index in [-0.39, 0.29) is 5.91 Å². The van der Waals surface area contributed by atoms with E-state index in [0.29, 0.717) is 17.9 Å². The van der Waals surface area contributed by atoms with E-state index < -0.39 is 12.0 Å². The fraction of sp³-hybridized carbons (Fsp3) is 0.600. The molecule has 0 aromatic carbocycles. The summed E-state index contributed by atoms with van der Waals surface area (Å²) < 4.78 is 0. The zero-order chi connectivity index (χ0) is 15.4. The molecule has 2 atom stereocenters. The van der Waals surface area contributed by atoms with Crippen molar-refractivity contribution in [3.05, 3.63) is 21.4 Å². The molecular formula is C15H21NO3S2. The van der Waals surface area contributed by atoms with Crippen LogP contribution in [0.1, 0.15) is 40.6 Å². The van der Waals surface area contributed by atoms with Gasteiger partial charge in [0.1, 0.15) is 6.04 Å². The van der Waals surface area contributed by atoms with Gasteiger partial charge in [-0.05, 0) is 49.2 Å². The summed E-state index contributed by atoms with van der Waals surface area (Å²) in [5, 5.41) is 13.7. The Hall–Kier alpha value is -1.01. The van der Waals surface area contributed by atoms with Gasteiger partial charge in [-0.15, -0.1) is 11.3 Å². The van der Waals surface area contributed by atoms with E-state index in [2.05, 4.69) is 12.2 Å². The first-order valence-electron chi connectivity index (χ1n) is 7.14. The van der Waals surface area contributed by atoms with Gasteiger partial charge in [0.25, 0.3) is 5.91 Å².